The van der Waals surface area contributed by atoms with E-state index in [4.69, 9.17) is 30.2 Å². The summed E-state index contributed by atoms with van der Waals surface area (Å²) in [6, 6.07) is 1.49. The van der Waals surface area contributed by atoms with Crippen LogP contribution in [0.1, 0.15) is 59.7 Å². The minimum absolute atomic E-state index is 0.0214. The number of nitrogens with one attached hydrogen (secondary N) is 1. The molecule has 3 aliphatic carbocycles. The molecule has 1 saturated carbocycles. The number of halogens is 1. The first-order chi connectivity index (χ1) is 23.5. The number of aliphatic hydroxyl groups is 2. The molecule has 1 aromatic heterocycles. The summed E-state index contributed by atoms with van der Waals surface area (Å²) in [7, 11) is 5.36. The summed E-state index contributed by atoms with van der Waals surface area (Å²) in [5, 5.41) is 21.0. The van der Waals surface area contributed by atoms with Gasteiger partial charge < -0.3 is 44.1 Å². The van der Waals surface area contributed by atoms with Crippen molar-refractivity contribution in [3.8, 4) is 0 Å². The molecule has 6 rings (SSSR count). The van der Waals surface area contributed by atoms with E-state index in [0.717, 1.165) is 5.57 Å². The van der Waals surface area contributed by atoms with Crippen molar-refractivity contribution in [1.82, 2.24) is 15.2 Å². The number of hydrogen-bond acceptors (Lipinski definition) is 12. The maximum atomic E-state index is 14.8. The maximum Gasteiger partial charge on any atom is 0.337 e. The summed E-state index contributed by atoms with van der Waals surface area (Å²) in [5.74, 6) is -3.15. The number of ether oxygens (including phenoxy) is 5. The van der Waals surface area contributed by atoms with Crippen LogP contribution < -0.4 is 5.32 Å². The van der Waals surface area contributed by atoms with Crippen molar-refractivity contribution in [3.05, 3.63) is 53.1 Å². The molecule has 0 amide bonds. The van der Waals surface area contributed by atoms with Gasteiger partial charge in [-0.15, -0.1) is 0 Å². The van der Waals surface area contributed by atoms with Crippen LogP contribution in [0.5, 0.6) is 0 Å². The third-order valence-electron chi connectivity index (χ3n) is 12.0. The number of likely N-dealkylation sites (N-methyl/N-ethyl adjacent to an activating group) is 2. The van der Waals surface area contributed by atoms with Crippen molar-refractivity contribution < 1.29 is 47.9 Å². The molecule has 12 nitrogen and oxygen atoms in total. The van der Waals surface area contributed by atoms with Crippen LogP contribution in [-0.2, 0) is 33.3 Å². The number of nitrogens with zero attached hydrogens (tertiary/aromatic N) is 2. The van der Waals surface area contributed by atoms with Crippen LogP contribution in [0, 0.1) is 28.5 Å². The van der Waals surface area contributed by atoms with E-state index < -0.39 is 94.5 Å². The third kappa shape index (κ3) is 5.39. The number of pyridine rings is 1. The zero-order valence-electron chi connectivity index (χ0n) is 30.7. The Morgan fingerprint density at radius 2 is 2.02 bits per heavy atom. The first kappa shape index (κ1) is 34.7. The molecule has 0 aromatic carbocycles. The zero-order chi connectivity index (χ0) is 36.6. The summed E-state index contributed by atoms with van der Waals surface area (Å²) >= 11 is 0. The standard InChI is InChI=1S/C36H50FN3O9/c1-18-22(46-32(43)28(42)27(38-7)26-21(37)11-10-14-39-26)15-36(44)19(2)30-34(6,13-12-23-35(30,17-45-23)49-20(3)41)31-29(25(18)33(36,4)5)47-24(48-31)16-40(8)9/h10-14,19,22-24,27-31,38,42,44H,15-17H2,1-9H3/t19-,22-,23+,24+,27-,28+,29+,30-,31+,34+,35-,36+/m0/s1/i42T. The summed E-state index contributed by atoms with van der Waals surface area (Å²) in [5.41, 5.74) is -3.08. The SMILES string of the molecule is [3H]O[C@@H](C(=O)O[C@H]1C[C@@]2(O)[C@@H](C)[C@H]3[C@@](C)(C=C[C@H]4OC[C@]43OC(C)=O)[C@@H]3O[C@H](CN(C)C)O[C@@H]3C(=C1C)C2(C)C)[C@@H](NC)c1ncccc1F. The van der Waals surface area contributed by atoms with Crippen molar-refractivity contribution in [2.45, 2.75) is 102 Å². The van der Waals surface area contributed by atoms with Gasteiger partial charge in [-0.2, -0.15) is 0 Å². The molecule has 0 radical (unpaired) electrons. The van der Waals surface area contributed by atoms with Gasteiger partial charge >= 0.3 is 11.9 Å². The highest BCUT2D eigenvalue weighted by Crippen LogP contribution is 2.66. The fourth-order valence-corrected chi connectivity index (χ4v) is 9.72. The third-order valence-corrected chi connectivity index (χ3v) is 12.0. The van der Waals surface area contributed by atoms with E-state index in [1.54, 1.807) is 0 Å². The van der Waals surface area contributed by atoms with Gasteiger partial charge in [-0.05, 0) is 57.3 Å². The number of carbonyl (C=O) groups excluding carboxylic acids is 2. The molecule has 0 unspecified atom stereocenters. The minimum Gasteiger partial charge on any atom is -0.456 e. The van der Waals surface area contributed by atoms with Crippen molar-refractivity contribution >= 4 is 11.9 Å². The van der Waals surface area contributed by atoms with E-state index in [0.29, 0.717) is 12.1 Å². The molecule has 0 spiro atoms. The van der Waals surface area contributed by atoms with Crippen LogP contribution in [0.25, 0.3) is 0 Å². The average Bonchev–Trinajstić information content (AvgIpc) is 3.43. The Balaban J connectivity index is 1.48. The second kappa shape index (κ2) is 12.5. The van der Waals surface area contributed by atoms with Gasteiger partial charge in [-0.1, -0.05) is 39.8 Å². The lowest BCUT2D eigenvalue weighted by Crippen LogP contribution is -2.76. The van der Waals surface area contributed by atoms with Crippen LogP contribution in [0.3, 0.4) is 0 Å². The van der Waals surface area contributed by atoms with Crippen LogP contribution >= 0.6 is 0 Å². The molecule has 2 bridgehead atoms. The molecule has 1 aromatic rings. The van der Waals surface area contributed by atoms with Crippen LogP contribution in [0.2, 0.25) is 0 Å². The number of esters is 2. The van der Waals surface area contributed by atoms with Gasteiger partial charge in [0.15, 0.2) is 18.0 Å². The predicted molar refractivity (Wildman–Crippen MR) is 174 cm³/mol. The van der Waals surface area contributed by atoms with Gasteiger partial charge in [-0.3, -0.25) is 9.78 Å². The Bertz CT molecular complexity index is 1570. The lowest BCUT2D eigenvalue weighted by molar-refractivity contribution is -0.306. The number of fused-ring (bicyclic) bond motifs is 8. The van der Waals surface area contributed by atoms with Crippen molar-refractivity contribution in [3.63, 3.8) is 0 Å². The molecule has 2 saturated heterocycles. The van der Waals surface area contributed by atoms with Gasteiger partial charge in [0, 0.05) is 42.8 Å². The lowest BCUT2D eigenvalue weighted by Gasteiger charge is -2.66. The van der Waals surface area contributed by atoms with E-state index in [9.17, 15) is 19.1 Å². The fraction of sp³-hybridized carbons (Fsp3) is 0.694. The van der Waals surface area contributed by atoms with Crippen molar-refractivity contribution in [1.29, 1.82) is 1.43 Å². The maximum absolute atomic E-state index is 14.8. The monoisotopic (exact) mass is 689 g/mol. The summed E-state index contributed by atoms with van der Waals surface area (Å²) < 4.78 is 54.6. The van der Waals surface area contributed by atoms with Crippen LogP contribution in [0.4, 0.5) is 4.39 Å². The molecule has 3 heterocycles. The molecule has 49 heavy (non-hydrogen) atoms. The first-order valence-electron chi connectivity index (χ1n) is 17.4. The number of rotatable bonds is 9. The first-order valence-corrected chi connectivity index (χ1v) is 17.0. The Hall–Kier alpha value is -2.78. The summed E-state index contributed by atoms with van der Waals surface area (Å²) in [6.07, 6.45) is 0.356. The highest BCUT2D eigenvalue weighted by atomic mass is 19.1. The lowest BCUT2D eigenvalue weighted by atomic mass is 9.44. The highest BCUT2D eigenvalue weighted by molar-refractivity contribution is 5.76. The summed E-state index contributed by atoms with van der Waals surface area (Å²) in [4.78, 5) is 32.7. The second-order valence-corrected chi connectivity index (χ2v) is 15.4. The Labute approximate surface area is 288 Å². The Morgan fingerprint density at radius 3 is 2.61 bits per heavy atom. The second-order valence-electron chi connectivity index (χ2n) is 15.4. The van der Waals surface area contributed by atoms with Crippen LogP contribution in [-0.4, -0.2) is 116 Å². The molecule has 13 heteroatoms. The number of hydrogen-bond donors (Lipinski definition) is 3. The molecule has 3 N–H and O–H groups in total. The molecular formula is C36H50FN3O9. The van der Waals surface area contributed by atoms with Crippen molar-refractivity contribution in [2.24, 2.45) is 22.7 Å². The number of carbonyl (C=O) groups is 2. The molecule has 5 aliphatic rings. The van der Waals surface area contributed by atoms with E-state index in [-0.39, 0.29) is 18.7 Å². The van der Waals surface area contributed by atoms with E-state index >= 15 is 0 Å². The number of aromatic nitrogens is 1. The van der Waals surface area contributed by atoms with Gasteiger partial charge in [0.05, 0.1) is 23.9 Å². The van der Waals surface area contributed by atoms with Crippen molar-refractivity contribution in [2.75, 3.05) is 34.3 Å². The molecule has 2 aliphatic heterocycles. The Morgan fingerprint density at radius 1 is 1.29 bits per heavy atom. The number of aliphatic hydroxyl groups excluding tert-OH is 1. The zero-order valence-corrected chi connectivity index (χ0v) is 29.7. The van der Waals surface area contributed by atoms with Gasteiger partial charge in [0.25, 0.3) is 0 Å². The predicted octanol–water partition coefficient (Wildman–Crippen LogP) is 2.45. The van der Waals surface area contributed by atoms with Gasteiger partial charge in [0.1, 0.15) is 30.2 Å². The molecular weight excluding hydrogens is 637 g/mol. The minimum atomic E-state index is -1.59. The topological polar surface area (TPSA) is 149 Å². The molecule has 3 fully saturated rings. The molecule has 12 atom stereocenters. The molecule has 270 valence electrons. The van der Waals surface area contributed by atoms with E-state index in [1.165, 1.54) is 32.3 Å². The van der Waals surface area contributed by atoms with Gasteiger partial charge in [-0.25, -0.2) is 9.18 Å². The smallest absolute Gasteiger partial charge is 0.337 e. The van der Waals surface area contributed by atoms with E-state index in [2.05, 4.69) is 23.3 Å². The van der Waals surface area contributed by atoms with Gasteiger partial charge in [0.2, 0.25) is 1.43 Å². The normalized spacial score (nSPS) is 40.5. The average molecular weight is 690 g/mol. The quantitative estimate of drug-likeness (QED) is 0.258. The Kier molecular flexibility index (Phi) is 8.82. The van der Waals surface area contributed by atoms with Crippen LogP contribution in [0.15, 0.2) is 41.6 Å². The fourth-order valence-electron chi connectivity index (χ4n) is 9.72. The summed E-state index contributed by atoms with van der Waals surface area (Å²) in [6.45, 7) is 11.8. The highest BCUT2D eigenvalue weighted by Gasteiger charge is 2.74. The largest absolute Gasteiger partial charge is 0.456 e. The van der Waals surface area contributed by atoms with E-state index in [1.807, 2.05) is 52.8 Å².